The second-order valence-electron chi connectivity index (χ2n) is 11.3. The lowest BCUT2D eigenvalue weighted by Gasteiger charge is -2.41. The van der Waals surface area contributed by atoms with Gasteiger partial charge in [0.15, 0.2) is 11.3 Å². The van der Waals surface area contributed by atoms with Crippen molar-refractivity contribution in [2.45, 2.75) is 91.5 Å². The van der Waals surface area contributed by atoms with Crippen molar-refractivity contribution in [1.82, 2.24) is 18.9 Å². The number of likely N-dealkylation sites (tertiary alicyclic amines) is 1. The van der Waals surface area contributed by atoms with Gasteiger partial charge in [0.25, 0.3) is 17.2 Å². The molecule has 1 aliphatic heterocycles. The normalized spacial score (nSPS) is 17.0. The maximum absolute atomic E-state index is 14.4. The van der Waals surface area contributed by atoms with Gasteiger partial charge in [-0.1, -0.05) is 34.6 Å². The van der Waals surface area contributed by atoms with Gasteiger partial charge in [0.2, 0.25) is 0 Å². The minimum atomic E-state index is -2.49. The predicted octanol–water partition coefficient (Wildman–Crippen LogP) is -0.00300. The first kappa shape index (κ1) is 35.1. The average molecular weight is 608 g/mol. The number of esters is 1. The van der Waals surface area contributed by atoms with E-state index in [2.05, 4.69) is 0 Å². The summed E-state index contributed by atoms with van der Waals surface area (Å²) in [7, 11) is 0. The van der Waals surface area contributed by atoms with E-state index in [0.717, 1.165) is 16.8 Å². The third-order valence-corrected chi connectivity index (χ3v) is 7.51. The second-order valence-corrected chi connectivity index (χ2v) is 11.3. The zero-order chi connectivity index (χ0) is 32.8. The van der Waals surface area contributed by atoms with Crippen LogP contribution in [0.2, 0.25) is 0 Å². The van der Waals surface area contributed by atoms with Gasteiger partial charge in [-0.3, -0.25) is 33.4 Å². The summed E-state index contributed by atoms with van der Waals surface area (Å²) < 4.78 is 6.13. The number of hydrogen-bond acceptors (Lipinski definition) is 10. The third-order valence-electron chi connectivity index (χ3n) is 7.51. The van der Waals surface area contributed by atoms with Gasteiger partial charge in [0.05, 0.1) is 13.2 Å². The van der Waals surface area contributed by atoms with Gasteiger partial charge in [0, 0.05) is 24.8 Å². The molecular formula is C28H41N5O10. The number of rotatable bonds is 13. The fourth-order valence-corrected chi connectivity index (χ4v) is 4.92. The van der Waals surface area contributed by atoms with Gasteiger partial charge >= 0.3 is 23.7 Å². The van der Waals surface area contributed by atoms with E-state index in [1.54, 1.807) is 13.8 Å². The van der Waals surface area contributed by atoms with E-state index in [1.165, 1.54) is 32.6 Å². The highest BCUT2D eigenvalue weighted by Crippen LogP contribution is 2.28. The number of carboxylic acid groups (broad SMARTS) is 1. The lowest BCUT2D eigenvalue weighted by molar-refractivity contribution is -0.159. The van der Waals surface area contributed by atoms with Crippen molar-refractivity contribution in [2.24, 2.45) is 17.6 Å². The minimum absolute atomic E-state index is 0.0650. The molecule has 0 aliphatic carbocycles. The van der Waals surface area contributed by atoms with Crippen LogP contribution in [0, 0.1) is 11.8 Å². The Balaban J connectivity index is 2.67. The fourth-order valence-electron chi connectivity index (χ4n) is 4.92. The maximum Gasteiger partial charge on any atom is 0.376 e. The molecule has 0 spiro atoms. The molecule has 2 heterocycles. The van der Waals surface area contributed by atoms with Crippen LogP contribution in [0.4, 0.5) is 4.79 Å². The highest BCUT2D eigenvalue weighted by atomic mass is 16.5. The van der Waals surface area contributed by atoms with Gasteiger partial charge in [0.1, 0.15) is 12.6 Å². The Bertz CT molecular complexity index is 1380. The molecule has 0 aromatic carbocycles. The first-order valence-corrected chi connectivity index (χ1v) is 14.2. The Morgan fingerprint density at radius 1 is 1.12 bits per heavy atom. The molecule has 43 heavy (non-hydrogen) atoms. The fraction of sp³-hybridized carbons (Fsp3) is 0.643. The van der Waals surface area contributed by atoms with Crippen LogP contribution in [0.1, 0.15) is 60.8 Å². The van der Waals surface area contributed by atoms with Gasteiger partial charge in [-0.15, -0.1) is 0 Å². The van der Waals surface area contributed by atoms with Crippen LogP contribution in [0.5, 0.6) is 0 Å². The highest BCUT2D eigenvalue weighted by molar-refractivity contribution is 6.37. The molecule has 1 saturated heterocycles. The Hall–Kier alpha value is -4.14. The van der Waals surface area contributed by atoms with E-state index in [1.807, 2.05) is 0 Å². The molecule has 238 valence electrons. The van der Waals surface area contributed by atoms with Crippen molar-refractivity contribution in [3.8, 4) is 0 Å². The molecule has 0 unspecified atom stereocenters. The van der Waals surface area contributed by atoms with Crippen LogP contribution < -0.4 is 17.0 Å². The van der Waals surface area contributed by atoms with Crippen LogP contribution in [0.25, 0.3) is 0 Å². The summed E-state index contributed by atoms with van der Waals surface area (Å²) in [6, 6.07) is -1.99. The summed E-state index contributed by atoms with van der Waals surface area (Å²) in [6.07, 6.45) is 2.63. The zero-order valence-corrected chi connectivity index (χ0v) is 25.4. The summed E-state index contributed by atoms with van der Waals surface area (Å²) in [4.78, 5) is 106. The standard InChI is InChI=1S/C28H41N5O10/c1-7-13-43-24(39)23(38)22(16(2)3)33(27(42)31-11-8-9-18(31)6)25(40)28(29,17(4)5)19(34)14-30-12-10-20(35)32(26(30)41)15-21(36)37/h10,12,16-18,22H,7-9,11,13-15,29H2,1-6H3,(H,36,37)/t18-,22+,28-/m1/s1. The number of nitrogens with two attached hydrogens (primary N) is 1. The molecule has 1 aromatic heterocycles. The number of carbonyl (C=O) groups excluding carboxylic acids is 5. The average Bonchev–Trinajstić information content (AvgIpc) is 3.37. The zero-order valence-electron chi connectivity index (χ0n) is 25.4. The molecule has 0 bridgehead atoms. The Kier molecular flexibility index (Phi) is 11.7. The molecule has 0 saturated carbocycles. The molecule has 15 nitrogen and oxygen atoms in total. The quantitative estimate of drug-likeness (QED) is 0.173. The number of ketones is 2. The number of urea groups is 1. The Labute approximate surface area is 248 Å². The Morgan fingerprint density at radius 2 is 1.74 bits per heavy atom. The first-order chi connectivity index (χ1) is 20.0. The van der Waals surface area contributed by atoms with Crippen LogP contribution in [0.3, 0.4) is 0 Å². The number of nitrogens with zero attached hydrogens (tertiary/aromatic N) is 4. The smallest absolute Gasteiger partial charge is 0.376 e. The van der Waals surface area contributed by atoms with E-state index in [9.17, 15) is 38.4 Å². The largest absolute Gasteiger partial charge is 0.480 e. The van der Waals surface area contributed by atoms with E-state index in [4.69, 9.17) is 15.6 Å². The van der Waals surface area contributed by atoms with Gasteiger partial charge in [-0.2, -0.15) is 0 Å². The molecule has 3 atom stereocenters. The van der Waals surface area contributed by atoms with E-state index in [-0.39, 0.29) is 19.2 Å². The number of imide groups is 1. The summed E-state index contributed by atoms with van der Waals surface area (Å²) in [5.74, 6) is -7.96. The summed E-state index contributed by atoms with van der Waals surface area (Å²) in [5, 5.41) is 9.07. The van der Waals surface area contributed by atoms with Crippen molar-refractivity contribution in [3.05, 3.63) is 33.1 Å². The summed E-state index contributed by atoms with van der Waals surface area (Å²) in [5.41, 5.74) is 1.98. The molecular weight excluding hydrogens is 566 g/mol. The molecule has 3 N–H and O–H groups in total. The number of hydrogen-bond donors (Lipinski definition) is 2. The third kappa shape index (κ3) is 7.45. The maximum atomic E-state index is 14.4. The van der Waals surface area contributed by atoms with Crippen LogP contribution >= 0.6 is 0 Å². The van der Waals surface area contributed by atoms with Crippen LogP contribution in [-0.4, -0.2) is 90.3 Å². The minimum Gasteiger partial charge on any atom is -0.480 e. The first-order valence-electron chi connectivity index (χ1n) is 14.2. The molecule has 1 aromatic rings. The number of ether oxygens (including phenoxy) is 1. The van der Waals surface area contributed by atoms with Crippen molar-refractivity contribution >= 4 is 35.4 Å². The number of aliphatic carboxylic acids is 1. The molecule has 1 fully saturated rings. The van der Waals surface area contributed by atoms with E-state index < -0.39 is 83.2 Å². The van der Waals surface area contributed by atoms with E-state index in [0.29, 0.717) is 28.7 Å². The van der Waals surface area contributed by atoms with Crippen LogP contribution in [-0.2, 0) is 41.8 Å². The van der Waals surface area contributed by atoms with Crippen molar-refractivity contribution in [1.29, 1.82) is 0 Å². The summed E-state index contributed by atoms with van der Waals surface area (Å²) >= 11 is 0. The lowest BCUT2D eigenvalue weighted by atomic mass is 9.80. The second kappa shape index (κ2) is 14.4. The monoisotopic (exact) mass is 607 g/mol. The number of aromatic nitrogens is 2. The number of carboxylic acids is 1. The van der Waals surface area contributed by atoms with Crippen molar-refractivity contribution in [2.75, 3.05) is 13.2 Å². The topological polar surface area (TPSA) is 208 Å². The van der Waals surface area contributed by atoms with Crippen molar-refractivity contribution in [3.63, 3.8) is 0 Å². The number of carbonyl (C=O) groups is 6. The predicted molar refractivity (Wildman–Crippen MR) is 152 cm³/mol. The van der Waals surface area contributed by atoms with E-state index >= 15 is 0 Å². The SMILES string of the molecule is CCCOC(=O)C(=O)[C@H](C(C)C)N(C(=O)N1CCC[C@H]1C)C(=O)[C@](N)(C(=O)Cn1ccc(=O)n(CC(=O)O)c1=O)C(C)C. The molecule has 2 rings (SSSR count). The van der Waals surface area contributed by atoms with Gasteiger partial charge in [-0.25, -0.2) is 19.0 Å². The van der Waals surface area contributed by atoms with Crippen LogP contribution in [0.15, 0.2) is 21.9 Å². The van der Waals surface area contributed by atoms with Gasteiger partial charge in [-0.05, 0) is 38.0 Å². The molecule has 0 radical (unpaired) electrons. The number of amides is 3. The molecule has 15 heteroatoms. The Morgan fingerprint density at radius 3 is 2.23 bits per heavy atom. The summed E-state index contributed by atoms with van der Waals surface area (Å²) in [6.45, 7) is 7.78. The van der Waals surface area contributed by atoms with Gasteiger partial charge < -0.3 is 20.5 Å². The van der Waals surface area contributed by atoms with Crippen molar-refractivity contribution < 1.29 is 38.6 Å². The highest BCUT2D eigenvalue weighted by Gasteiger charge is 2.53. The lowest BCUT2D eigenvalue weighted by Crippen LogP contribution is -2.70. The molecule has 1 aliphatic rings. The number of Topliss-reactive ketones (excluding diaryl/α,β-unsaturated/α-hetero) is 2. The molecule has 3 amide bonds.